The topological polar surface area (TPSA) is 97.1 Å². The summed E-state index contributed by atoms with van der Waals surface area (Å²) in [6.07, 6.45) is 1.76. The van der Waals surface area contributed by atoms with Crippen molar-refractivity contribution in [1.29, 1.82) is 0 Å². The molecule has 21 heavy (non-hydrogen) atoms. The summed E-state index contributed by atoms with van der Waals surface area (Å²) in [6, 6.07) is 7.50. The van der Waals surface area contributed by atoms with Gasteiger partial charge in [0.1, 0.15) is 12.2 Å². The maximum atomic E-state index is 11.8. The van der Waals surface area contributed by atoms with Crippen LogP contribution in [0.4, 0.5) is 0 Å². The van der Waals surface area contributed by atoms with E-state index >= 15 is 0 Å². The molecule has 1 heterocycles. The Morgan fingerprint density at radius 1 is 1.38 bits per heavy atom. The Kier molecular flexibility index (Phi) is 5.04. The predicted octanol–water partition coefficient (Wildman–Crippen LogP) is 0.984. The van der Waals surface area contributed by atoms with Gasteiger partial charge in [-0.15, -0.1) is 5.10 Å². The lowest BCUT2D eigenvalue weighted by molar-refractivity contribution is -0.138. The highest BCUT2D eigenvalue weighted by molar-refractivity contribution is 9.10. The monoisotopic (exact) mass is 352 g/mol. The minimum atomic E-state index is -0.995. The number of carbonyl (C=O) groups is 2. The number of nitrogens with zero attached hydrogens (tertiary/aromatic N) is 3. The van der Waals surface area contributed by atoms with Crippen molar-refractivity contribution in [3.05, 3.63) is 46.2 Å². The number of nitrogens with one attached hydrogen (secondary N) is 1. The summed E-state index contributed by atoms with van der Waals surface area (Å²) in [5.41, 5.74) is 1.41. The molecule has 0 saturated carbocycles. The molecule has 0 aliphatic carbocycles. The van der Waals surface area contributed by atoms with E-state index in [0.29, 0.717) is 5.69 Å². The fourth-order valence-electron chi connectivity index (χ4n) is 1.72. The first-order valence-corrected chi connectivity index (χ1v) is 6.94. The highest BCUT2D eigenvalue weighted by Gasteiger charge is 2.07. The van der Waals surface area contributed by atoms with Crippen molar-refractivity contribution < 1.29 is 14.7 Å². The molecule has 0 aliphatic rings. The van der Waals surface area contributed by atoms with Crippen molar-refractivity contribution >= 4 is 27.8 Å². The number of rotatable bonds is 6. The van der Waals surface area contributed by atoms with E-state index in [1.165, 1.54) is 10.9 Å². The normalized spacial score (nSPS) is 10.3. The number of benzene rings is 1. The summed E-state index contributed by atoms with van der Waals surface area (Å²) in [5.74, 6) is -1.13. The molecule has 0 radical (unpaired) electrons. The molecule has 1 aromatic heterocycles. The van der Waals surface area contributed by atoms with Gasteiger partial charge in [0.25, 0.3) is 0 Å². The van der Waals surface area contributed by atoms with E-state index < -0.39 is 5.97 Å². The van der Waals surface area contributed by atoms with Crippen molar-refractivity contribution in [2.45, 2.75) is 19.5 Å². The molecule has 2 rings (SSSR count). The molecule has 0 unspecified atom stereocenters. The first-order valence-electron chi connectivity index (χ1n) is 6.15. The average Bonchev–Trinajstić information content (AvgIpc) is 2.83. The first-order chi connectivity index (χ1) is 10.0. The molecule has 0 saturated heterocycles. The number of carbonyl (C=O) groups excluding carboxylic acids is 1. The lowest BCUT2D eigenvalue weighted by atomic mass is 10.1. The number of aromatic nitrogens is 3. The maximum Gasteiger partial charge on any atom is 0.325 e. The van der Waals surface area contributed by atoms with Crippen LogP contribution in [0.25, 0.3) is 0 Å². The van der Waals surface area contributed by atoms with Gasteiger partial charge < -0.3 is 10.4 Å². The molecule has 2 aromatic rings. The number of halogens is 1. The molecule has 1 aromatic carbocycles. The third-order valence-corrected chi connectivity index (χ3v) is 3.10. The Labute approximate surface area is 129 Å². The molecular weight excluding hydrogens is 340 g/mol. The maximum absolute atomic E-state index is 11.8. The second-order valence-electron chi connectivity index (χ2n) is 4.38. The number of hydrogen-bond donors (Lipinski definition) is 2. The number of aliphatic carboxylic acids is 1. The van der Waals surface area contributed by atoms with E-state index in [2.05, 4.69) is 31.6 Å². The van der Waals surface area contributed by atoms with Crippen LogP contribution >= 0.6 is 15.9 Å². The second-order valence-corrected chi connectivity index (χ2v) is 5.30. The average molecular weight is 353 g/mol. The second kappa shape index (κ2) is 6.98. The molecule has 110 valence electrons. The van der Waals surface area contributed by atoms with Gasteiger partial charge in [-0.05, 0) is 17.7 Å². The number of carboxylic acids is 1. The number of amides is 1. The molecule has 0 bridgehead atoms. The summed E-state index contributed by atoms with van der Waals surface area (Å²) >= 11 is 3.35. The minimum absolute atomic E-state index is 0.138. The van der Waals surface area contributed by atoms with Crippen LogP contribution in [0.1, 0.15) is 11.3 Å². The van der Waals surface area contributed by atoms with Crippen LogP contribution < -0.4 is 5.32 Å². The van der Waals surface area contributed by atoms with Crippen molar-refractivity contribution in [1.82, 2.24) is 20.3 Å². The van der Waals surface area contributed by atoms with E-state index in [0.717, 1.165) is 10.0 Å². The third-order valence-electron chi connectivity index (χ3n) is 2.60. The lowest BCUT2D eigenvalue weighted by Gasteiger charge is -2.03. The summed E-state index contributed by atoms with van der Waals surface area (Å²) in [4.78, 5) is 22.3. The van der Waals surface area contributed by atoms with Gasteiger partial charge in [0.05, 0.1) is 19.2 Å². The van der Waals surface area contributed by atoms with Crippen molar-refractivity contribution in [2.24, 2.45) is 0 Å². The Bertz CT molecular complexity index is 656. The van der Waals surface area contributed by atoms with E-state index in [4.69, 9.17) is 5.11 Å². The van der Waals surface area contributed by atoms with Crippen molar-refractivity contribution in [3.63, 3.8) is 0 Å². The van der Waals surface area contributed by atoms with Gasteiger partial charge in [0.2, 0.25) is 5.91 Å². The van der Waals surface area contributed by atoms with Crippen LogP contribution in [0, 0.1) is 0 Å². The molecule has 0 atom stereocenters. The van der Waals surface area contributed by atoms with Crippen molar-refractivity contribution in [3.8, 4) is 0 Å². The SMILES string of the molecule is O=C(O)Cn1cc(CNC(=O)Cc2cccc(Br)c2)nn1. The Morgan fingerprint density at radius 2 is 2.19 bits per heavy atom. The highest BCUT2D eigenvalue weighted by atomic mass is 79.9. The van der Waals surface area contributed by atoms with Crippen LogP contribution in [-0.4, -0.2) is 32.0 Å². The molecular formula is C13H13BrN4O3. The molecule has 0 fully saturated rings. The summed E-state index contributed by atoms with van der Waals surface area (Å²) < 4.78 is 2.13. The minimum Gasteiger partial charge on any atom is -0.480 e. The molecule has 1 amide bonds. The standard InChI is InChI=1S/C13H13BrN4O3/c14-10-3-1-2-9(4-10)5-12(19)15-6-11-7-18(17-16-11)8-13(20)21/h1-4,7H,5-6,8H2,(H,15,19)(H,20,21). The fraction of sp³-hybridized carbons (Fsp3) is 0.231. The molecule has 8 heteroatoms. The Balaban J connectivity index is 1.83. The van der Waals surface area contributed by atoms with E-state index in [1.807, 2.05) is 24.3 Å². The Morgan fingerprint density at radius 3 is 2.90 bits per heavy atom. The zero-order valence-electron chi connectivity index (χ0n) is 11.0. The van der Waals surface area contributed by atoms with Crippen LogP contribution in [0.5, 0.6) is 0 Å². The third kappa shape index (κ3) is 4.99. The van der Waals surface area contributed by atoms with Gasteiger partial charge in [-0.25, -0.2) is 4.68 Å². The zero-order valence-corrected chi connectivity index (χ0v) is 12.6. The molecule has 0 spiro atoms. The van der Waals surface area contributed by atoms with Gasteiger partial charge in [-0.2, -0.15) is 0 Å². The summed E-state index contributed by atoms with van der Waals surface area (Å²) in [5, 5.41) is 18.8. The van der Waals surface area contributed by atoms with E-state index in [1.54, 1.807) is 0 Å². The lowest BCUT2D eigenvalue weighted by Crippen LogP contribution is -2.24. The van der Waals surface area contributed by atoms with Gasteiger partial charge in [0, 0.05) is 4.47 Å². The van der Waals surface area contributed by atoms with Crippen LogP contribution in [0.3, 0.4) is 0 Å². The van der Waals surface area contributed by atoms with Gasteiger partial charge in [0.15, 0.2) is 0 Å². The highest BCUT2D eigenvalue weighted by Crippen LogP contribution is 2.11. The van der Waals surface area contributed by atoms with Crippen LogP contribution in [-0.2, 0) is 29.1 Å². The molecule has 2 N–H and O–H groups in total. The molecule has 7 nitrogen and oxygen atoms in total. The predicted molar refractivity (Wildman–Crippen MR) is 77.4 cm³/mol. The fourth-order valence-corrected chi connectivity index (χ4v) is 2.17. The van der Waals surface area contributed by atoms with Crippen LogP contribution in [0.15, 0.2) is 34.9 Å². The molecule has 0 aliphatic heterocycles. The smallest absolute Gasteiger partial charge is 0.325 e. The van der Waals surface area contributed by atoms with E-state index in [9.17, 15) is 9.59 Å². The van der Waals surface area contributed by atoms with Gasteiger partial charge >= 0.3 is 5.97 Å². The van der Waals surface area contributed by atoms with Crippen LogP contribution in [0.2, 0.25) is 0 Å². The quantitative estimate of drug-likeness (QED) is 0.807. The largest absolute Gasteiger partial charge is 0.480 e. The van der Waals surface area contributed by atoms with E-state index in [-0.39, 0.29) is 25.4 Å². The van der Waals surface area contributed by atoms with Gasteiger partial charge in [-0.1, -0.05) is 33.3 Å². The van der Waals surface area contributed by atoms with Crippen molar-refractivity contribution in [2.75, 3.05) is 0 Å². The zero-order chi connectivity index (χ0) is 15.2. The van der Waals surface area contributed by atoms with Gasteiger partial charge in [-0.3, -0.25) is 9.59 Å². The Hall–Kier alpha value is -2.22. The summed E-state index contributed by atoms with van der Waals surface area (Å²) in [7, 11) is 0. The summed E-state index contributed by atoms with van der Waals surface area (Å²) in [6.45, 7) is -0.0363. The number of carboxylic acid groups (broad SMARTS) is 1. The first kappa shape index (κ1) is 15.2. The number of hydrogen-bond acceptors (Lipinski definition) is 4.